The predicted octanol–water partition coefficient (Wildman–Crippen LogP) is 4.18. The Morgan fingerprint density at radius 3 is 2.65 bits per heavy atom. The molecule has 11 nitrogen and oxygen atoms in total. The number of halogens is 2. The van der Waals surface area contributed by atoms with Crippen LogP contribution in [0.25, 0.3) is 22.2 Å². The predicted molar refractivity (Wildman–Crippen MR) is 164 cm³/mol. The Hall–Kier alpha value is -4.62. The first-order chi connectivity index (χ1) is 20.7. The van der Waals surface area contributed by atoms with Gasteiger partial charge in [0, 0.05) is 76.4 Å². The third-order valence-electron chi connectivity index (χ3n) is 7.49. The van der Waals surface area contributed by atoms with E-state index in [0.717, 1.165) is 55.3 Å². The van der Waals surface area contributed by atoms with Gasteiger partial charge >= 0.3 is 6.61 Å². The van der Waals surface area contributed by atoms with Gasteiger partial charge in [-0.1, -0.05) is 12.6 Å². The van der Waals surface area contributed by atoms with Crippen molar-refractivity contribution in [2.24, 2.45) is 7.05 Å². The number of aromatic nitrogens is 4. The van der Waals surface area contributed by atoms with E-state index < -0.39 is 12.5 Å². The fraction of sp³-hybridized carbons (Fsp3) is 0.333. The van der Waals surface area contributed by atoms with E-state index in [9.17, 15) is 13.6 Å². The lowest BCUT2D eigenvalue weighted by atomic mass is 10.1. The largest absolute Gasteiger partial charge is 0.433 e. The topological polar surface area (TPSA) is 104 Å². The number of ether oxygens (including phenoxy) is 1. The maximum Gasteiger partial charge on any atom is 0.387 e. The standard InChI is InChI=1S/C30H35F2N9O2/c1-5-29(42)37-23-15-24(27(43-30(31)32)17-26(23)39(3)10-13-41-11-8-38(2)9-12-41)36-28-16-22(33-19-34-28)20-6-7-25-21(14-20)18-35-40(25)4/h5-7,14-19,30H,1,8-13H2,2-4H3,(H,37,42)(H,33,34,36). The zero-order chi connectivity index (χ0) is 30.5. The van der Waals surface area contributed by atoms with E-state index in [2.05, 4.69) is 49.1 Å². The fourth-order valence-electron chi connectivity index (χ4n) is 4.99. The van der Waals surface area contributed by atoms with Crippen molar-refractivity contribution in [3.8, 4) is 17.0 Å². The van der Waals surface area contributed by atoms with E-state index in [0.29, 0.717) is 29.4 Å². The van der Waals surface area contributed by atoms with Crippen molar-refractivity contribution >= 4 is 39.7 Å². The first-order valence-electron chi connectivity index (χ1n) is 13.9. The second-order valence-electron chi connectivity index (χ2n) is 10.5. The molecule has 0 spiro atoms. The maximum atomic E-state index is 13.6. The van der Waals surface area contributed by atoms with Crippen molar-refractivity contribution in [3.05, 3.63) is 61.6 Å². The molecule has 2 N–H and O–H groups in total. The minimum Gasteiger partial charge on any atom is -0.433 e. The number of hydrogen-bond donors (Lipinski definition) is 2. The number of benzene rings is 2. The molecule has 0 atom stereocenters. The molecule has 1 aliphatic heterocycles. The van der Waals surface area contributed by atoms with Crippen LogP contribution in [0.15, 0.2) is 61.6 Å². The first-order valence-corrected chi connectivity index (χ1v) is 13.9. The molecule has 0 saturated carbocycles. The average Bonchev–Trinajstić information content (AvgIpc) is 3.37. The van der Waals surface area contributed by atoms with Crippen molar-refractivity contribution in [3.63, 3.8) is 0 Å². The van der Waals surface area contributed by atoms with Crippen LogP contribution in [0, 0.1) is 0 Å². The fourth-order valence-corrected chi connectivity index (χ4v) is 4.99. The van der Waals surface area contributed by atoms with Gasteiger partial charge in [-0.2, -0.15) is 13.9 Å². The van der Waals surface area contributed by atoms with Crippen LogP contribution < -0.4 is 20.3 Å². The smallest absolute Gasteiger partial charge is 0.387 e. The van der Waals surface area contributed by atoms with Gasteiger partial charge in [-0.05, 0) is 31.3 Å². The number of aryl methyl sites for hydroxylation is 1. The average molecular weight is 592 g/mol. The summed E-state index contributed by atoms with van der Waals surface area (Å²) in [4.78, 5) is 27.6. The Morgan fingerprint density at radius 2 is 1.91 bits per heavy atom. The van der Waals surface area contributed by atoms with Crippen LogP contribution in [0.5, 0.6) is 5.75 Å². The second kappa shape index (κ2) is 13.1. The Labute approximate surface area is 248 Å². The monoisotopic (exact) mass is 591 g/mol. The molecule has 226 valence electrons. The lowest BCUT2D eigenvalue weighted by Crippen LogP contribution is -2.46. The molecular weight excluding hydrogens is 556 g/mol. The van der Waals surface area contributed by atoms with Crippen molar-refractivity contribution < 1.29 is 18.3 Å². The van der Waals surface area contributed by atoms with Gasteiger partial charge in [0.15, 0.2) is 5.75 Å². The van der Waals surface area contributed by atoms with Crippen LogP contribution in [0.1, 0.15) is 0 Å². The Morgan fingerprint density at radius 1 is 1.12 bits per heavy atom. The summed E-state index contributed by atoms with van der Waals surface area (Å²) in [5, 5.41) is 11.1. The number of rotatable bonds is 11. The number of alkyl halides is 2. The van der Waals surface area contributed by atoms with Gasteiger partial charge < -0.3 is 25.2 Å². The van der Waals surface area contributed by atoms with Gasteiger partial charge in [-0.15, -0.1) is 0 Å². The van der Waals surface area contributed by atoms with Crippen LogP contribution in [0.4, 0.5) is 31.7 Å². The molecule has 0 unspecified atom stereocenters. The number of likely N-dealkylation sites (N-methyl/N-ethyl adjacent to an activating group) is 2. The van der Waals surface area contributed by atoms with E-state index in [1.165, 1.54) is 12.4 Å². The molecule has 0 bridgehead atoms. The Bertz CT molecular complexity index is 1600. The highest BCUT2D eigenvalue weighted by Gasteiger charge is 2.20. The van der Waals surface area contributed by atoms with Gasteiger partial charge in [0.1, 0.15) is 12.1 Å². The summed E-state index contributed by atoms with van der Waals surface area (Å²) in [6, 6.07) is 10.6. The Kier molecular flexibility index (Phi) is 9.12. The minimum atomic E-state index is -3.06. The molecule has 13 heteroatoms. The summed E-state index contributed by atoms with van der Waals surface area (Å²) in [6.07, 6.45) is 4.32. The number of piperazine rings is 1. The number of carbonyl (C=O) groups excluding carboxylic acids is 1. The molecule has 0 radical (unpaired) electrons. The highest BCUT2D eigenvalue weighted by molar-refractivity contribution is 6.02. The summed E-state index contributed by atoms with van der Waals surface area (Å²) < 4.78 is 33.9. The summed E-state index contributed by atoms with van der Waals surface area (Å²) in [7, 11) is 5.82. The van der Waals surface area contributed by atoms with Crippen molar-refractivity contribution in [2.45, 2.75) is 6.61 Å². The van der Waals surface area contributed by atoms with Gasteiger partial charge in [-0.3, -0.25) is 14.4 Å². The highest BCUT2D eigenvalue weighted by Crippen LogP contribution is 2.39. The maximum absolute atomic E-state index is 13.6. The van der Waals surface area contributed by atoms with Crippen LogP contribution in [-0.2, 0) is 11.8 Å². The molecule has 1 saturated heterocycles. The SMILES string of the molecule is C=CC(=O)Nc1cc(Nc2cc(-c3ccc4c(cnn4C)c3)ncn2)c(OC(F)F)cc1N(C)CCN1CCN(C)CC1. The number of amides is 1. The van der Waals surface area contributed by atoms with Crippen LogP contribution in [-0.4, -0.2) is 95.4 Å². The molecular formula is C30H35F2N9O2. The van der Waals surface area contributed by atoms with Gasteiger partial charge in [-0.25, -0.2) is 9.97 Å². The molecule has 1 fully saturated rings. The molecule has 1 amide bonds. The van der Waals surface area contributed by atoms with Crippen LogP contribution in [0.2, 0.25) is 0 Å². The number of nitrogens with zero attached hydrogens (tertiary/aromatic N) is 7. The normalized spacial score (nSPS) is 14.2. The van der Waals surface area contributed by atoms with E-state index in [4.69, 9.17) is 4.74 Å². The van der Waals surface area contributed by atoms with E-state index >= 15 is 0 Å². The molecule has 3 heterocycles. The number of anilines is 4. The minimum absolute atomic E-state index is 0.0926. The quantitative estimate of drug-likeness (QED) is 0.249. The number of hydrogen-bond acceptors (Lipinski definition) is 9. The molecule has 43 heavy (non-hydrogen) atoms. The van der Waals surface area contributed by atoms with E-state index in [1.54, 1.807) is 23.0 Å². The first kappa shape index (κ1) is 29.9. The van der Waals surface area contributed by atoms with Crippen molar-refractivity contribution in [2.75, 3.05) is 68.9 Å². The van der Waals surface area contributed by atoms with E-state index in [1.807, 2.05) is 37.2 Å². The Balaban J connectivity index is 1.44. The second-order valence-corrected chi connectivity index (χ2v) is 10.5. The molecule has 1 aliphatic rings. The number of nitrogens with one attached hydrogen (secondary N) is 2. The summed E-state index contributed by atoms with van der Waals surface area (Å²) in [5.74, 6) is -0.171. The summed E-state index contributed by atoms with van der Waals surface area (Å²) in [5.41, 5.74) is 3.58. The third-order valence-corrected chi connectivity index (χ3v) is 7.49. The zero-order valence-corrected chi connectivity index (χ0v) is 24.4. The number of fused-ring (bicyclic) bond motifs is 1. The third kappa shape index (κ3) is 7.24. The summed E-state index contributed by atoms with van der Waals surface area (Å²) in [6.45, 7) is 5.73. The van der Waals surface area contributed by atoms with Crippen LogP contribution in [0.3, 0.4) is 0 Å². The molecule has 0 aliphatic carbocycles. The zero-order valence-electron chi connectivity index (χ0n) is 24.4. The lowest BCUT2D eigenvalue weighted by molar-refractivity contribution is -0.111. The number of carbonyl (C=O) groups is 1. The lowest BCUT2D eigenvalue weighted by Gasteiger charge is -2.34. The molecule has 5 rings (SSSR count). The highest BCUT2D eigenvalue weighted by atomic mass is 19.3. The van der Waals surface area contributed by atoms with Crippen molar-refractivity contribution in [1.82, 2.24) is 29.5 Å². The van der Waals surface area contributed by atoms with Gasteiger partial charge in [0.25, 0.3) is 0 Å². The molecule has 2 aromatic carbocycles. The molecule has 2 aromatic heterocycles. The van der Waals surface area contributed by atoms with Gasteiger partial charge in [0.2, 0.25) is 5.91 Å². The van der Waals surface area contributed by atoms with Crippen LogP contribution >= 0.6 is 0 Å². The summed E-state index contributed by atoms with van der Waals surface area (Å²) >= 11 is 0. The van der Waals surface area contributed by atoms with Crippen molar-refractivity contribution in [1.29, 1.82) is 0 Å². The van der Waals surface area contributed by atoms with E-state index in [-0.39, 0.29) is 11.4 Å². The van der Waals surface area contributed by atoms with Gasteiger partial charge in [0.05, 0.1) is 34.5 Å². The molecule has 4 aromatic rings.